The number of hydrogen-bond donors (Lipinski definition) is 1. The van der Waals surface area contributed by atoms with Crippen molar-refractivity contribution in [2.24, 2.45) is 0 Å². The van der Waals surface area contributed by atoms with E-state index in [1.807, 2.05) is 26.0 Å². The fourth-order valence-electron chi connectivity index (χ4n) is 2.17. The highest BCUT2D eigenvalue weighted by Gasteiger charge is 2.10. The summed E-state index contributed by atoms with van der Waals surface area (Å²) >= 11 is 0. The van der Waals surface area contributed by atoms with Crippen LogP contribution >= 0.6 is 0 Å². The molecule has 1 heterocycles. The van der Waals surface area contributed by atoms with Gasteiger partial charge in [0.25, 0.3) is 0 Å². The van der Waals surface area contributed by atoms with Crippen LogP contribution in [0.15, 0.2) is 28.8 Å². The molecule has 1 N–H and O–H groups in total. The molecule has 4 heteroatoms. The number of benzene rings is 1. The minimum absolute atomic E-state index is 0.0493. The molecule has 0 unspecified atom stereocenters. The maximum atomic E-state index is 11.9. The predicted molar refractivity (Wildman–Crippen MR) is 77.3 cm³/mol. The van der Waals surface area contributed by atoms with Crippen LogP contribution in [0.4, 0.5) is 0 Å². The van der Waals surface area contributed by atoms with E-state index in [4.69, 9.17) is 4.52 Å². The van der Waals surface area contributed by atoms with E-state index in [0.29, 0.717) is 13.0 Å². The Morgan fingerprint density at radius 1 is 1.25 bits per heavy atom. The molecule has 0 aliphatic rings. The van der Waals surface area contributed by atoms with Gasteiger partial charge in [-0.2, -0.15) is 0 Å². The Balaban J connectivity index is 1.83. The Morgan fingerprint density at radius 2 is 2.00 bits per heavy atom. The largest absolute Gasteiger partial charge is 0.361 e. The number of aromatic nitrogens is 1. The van der Waals surface area contributed by atoms with Gasteiger partial charge in [0.2, 0.25) is 5.91 Å². The third-order valence-corrected chi connectivity index (χ3v) is 3.53. The third-order valence-electron chi connectivity index (χ3n) is 3.53. The topological polar surface area (TPSA) is 55.1 Å². The molecule has 1 amide bonds. The maximum absolute atomic E-state index is 11.9. The molecule has 0 atom stereocenters. The van der Waals surface area contributed by atoms with Gasteiger partial charge in [0.15, 0.2) is 0 Å². The monoisotopic (exact) mass is 272 g/mol. The van der Waals surface area contributed by atoms with Crippen molar-refractivity contribution >= 4 is 5.91 Å². The summed E-state index contributed by atoms with van der Waals surface area (Å²) in [5, 5.41) is 6.79. The molecule has 0 bridgehead atoms. The van der Waals surface area contributed by atoms with Gasteiger partial charge in [-0.25, -0.2) is 0 Å². The van der Waals surface area contributed by atoms with E-state index in [1.165, 1.54) is 11.1 Å². The molecule has 1 aromatic carbocycles. The van der Waals surface area contributed by atoms with Crippen LogP contribution in [-0.2, 0) is 17.8 Å². The van der Waals surface area contributed by atoms with Crippen LogP contribution in [0.1, 0.15) is 34.6 Å². The number of nitrogens with one attached hydrogen (secondary N) is 1. The van der Waals surface area contributed by atoms with Crippen molar-refractivity contribution in [3.8, 4) is 0 Å². The smallest absolute Gasteiger partial charge is 0.220 e. The summed E-state index contributed by atoms with van der Waals surface area (Å²) < 4.78 is 5.07. The zero-order valence-corrected chi connectivity index (χ0v) is 12.2. The first-order valence-electron chi connectivity index (χ1n) is 6.81. The van der Waals surface area contributed by atoms with Gasteiger partial charge in [-0.15, -0.1) is 0 Å². The van der Waals surface area contributed by atoms with Crippen molar-refractivity contribution in [3.05, 3.63) is 52.4 Å². The molecule has 0 saturated carbocycles. The van der Waals surface area contributed by atoms with Crippen molar-refractivity contribution in [1.82, 2.24) is 10.5 Å². The number of nitrogens with zero attached hydrogens (tertiary/aromatic N) is 1. The Bertz CT molecular complexity index is 583. The van der Waals surface area contributed by atoms with E-state index in [9.17, 15) is 4.79 Å². The normalized spacial score (nSPS) is 10.6. The summed E-state index contributed by atoms with van der Waals surface area (Å²) in [7, 11) is 0. The lowest BCUT2D eigenvalue weighted by molar-refractivity contribution is -0.121. The first kappa shape index (κ1) is 14.3. The lowest BCUT2D eigenvalue weighted by Crippen LogP contribution is -2.23. The van der Waals surface area contributed by atoms with Gasteiger partial charge >= 0.3 is 0 Å². The molecule has 0 aliphatic heterocycles. The molecule has 0 spiro atoms. The Morgan fingerprint density at radius 3 is 2.65 bits per heavy atom. The standard InChI is InChI=1S/C16H20N2O2/c1-11-6-4-5-7-14(11)8-9-16(19)17-10-15-12(2)18-20-13(15)3/h4-7H,8-10H2,1-3H3,(H,17,19). The second-order valence-electron chi connectivity index (χ2n) is 5.01. The summed E-state index contributed by atoms with van der Waals surface area (Å²) in [6.07, 6.45) is 1.26. The van der Waals surface area contributed by atoms with Crippen LogP contribution in [0, 0.1) is 20.8 Å². The number of carbonyl (C=O) groups is 1. The number of carbonyl (C=O) groups excluding carboxylic acids is 1. The van der Waals surface area contributed by atoms with Gasteiger partial charge in [0.05, 0.1) is 5.69 Å². The maximum Gasteiger partial charge on any atom is 0.220 e. The van der Waals surface area contributed by atoms with Gasteiger partial charge in [-0.05, 0) is 38.3 Å². The van der Waals surface area contributed by atoms with Crippen molar-refractivity contribution in [2.45, 2.75) is 40.2 Å². The molecular weight excluding hydrogens is 252 g/mol. The minimum Gasteiger partial charge on any atom is -0.361 e. The number of aryl methyl sites for hydroxylation is 4. The van der Waals surface area contributed by atoms with Gasteiger partial charge < -0.3 is 9.84 Å². The zero-order valence-electron chi connectivity index (χ0n) is 12.2. The molecule has 4 nitrogen and oxygen atoms in total. The molecule has 1 aromatic heterocycles. The first-order chi connectivity index (χ1) is 9.58. The van der Waals surface area contributed by atoms with Gasteiger partial charge in [0.1, 0.15) is 5.76 Å². The molecular formula is C16H20N2O2. The predicted octanol–water partition coefficient (Wildman–Crippen LogP) is 2.85. The molecule has 2 aromatic rings. The van der Waals surface area contributed by atoms with Gasteiger partial charge in [-0.1, -0.05) is 29.4 Å². The quantitative estimate of drug-likeness (QED) is 0.910. The van der Waals surface area contributed by atoms with Crippen molar-refractivity contribution in [1.29, 1.82) is 0 Å². The lowest BCUT2D eigenvalue weighted by Gasteiger charge is -2.07. The molecule has 2 rings (SSSR count). The summed E-state index contributed by atoms with van der Waals surface area (Å²) in [4.78, 5) is 11.9. The molecule has 0 saturated heterocycles. The van der Waals surface area contributed by atoms with Crippen LogP contribution in [0.2, 0.25) is 0 Å². The summed E-state index contributed by atoms with van der Waals surface area (Å²) in [5.41, 5.74) is 4.25. The van der Waals surface area contributed by atoms with Crippen molar-refractivity contribution in [3.63, 3.8) is 0 Å². The van der Waals surface area contributed by atoms with E-state index in [-0.39, 0.29) is 5.91 Å². The molecule has 0 radical (unpaired) electrons. The van der Waals surface area contributed by atoms with Crippen LogP contribution < -0.4 is 5.32 Å². The fourth-order valence-corrected chi connectivity index (χ4v) is 2.17. The number of amides is 1. The minimum atomic E-state index is 0.0493. The number of hydrogen-bond acceptors (Lipinski definition) is 3. The van der Waals surface area contributed by atoms with E-state index < -0.39 is 0 Å². The van der Waals surface area contributed by atoms with Gasteiger partial charge in [-0.3, -0.25) is 4.79 Å². The second-order valence-corrected chi connectivity index (χ2v) is 5.01. The lowest BCUT2D eigenvalue weighted by atomic mass is 10.0. The summed E-state index contributed by atoms with van der Waals surface area (Å²) in [6, 6.07) is 8.15. The molecule has 0 aliphatic carbocycles. The Kier molecular flexibility index (Phi) is 4.56. The van der Waals surface area contributed by atoms with Gasteiger partial charge in [0, 0.05) is 18.5 Å². The van der Waals surface area contributed by atoms with Crippen LogP contribution in [0.5, 0.6) is 0 Å². The van der Waals surface area contributed by atoms with Crippen molar-refractivity contribution in [2.75, 3.05) is 0 Å². The van der Waals surface area contributed by atoms with Crippen LogP contribution in [-0.4, -0.2) is 11.1 Å². The van der Waals surface area contributed by atoms with E-state index in [2.05, 4.69) is 29.5 Å². The average Bonchev–Trinajstić information content (AvgIpc) is 2.75. The summed E-state index contributed by atoms with van der Waals surface area (Å²) in [5.74, 6) is 0.815. The van der Waals surface area contributed by atoms with E-state index in [1.54, 1.807) is 0 Å². The Labute approximate surface area is 119 Å². The second kappa shape index (κ2) is 6.37. The highest BCUT2D eigenvalue weighted by atomic mass is 16.5. The Hall–Kier alpha value is -2.10. The summed E-state index contributed by atoms with van der Waals surface area (Å²) in [6.45, 7) is 6.28. The van der Waals surface area contributed by atoms with E-state index in [0.717, 1.165) is 23.4 Å². The average molecular weight is 272 g/mol. The van der Waals surface area contributed by atoms with Crippen molar-refractivity contribution < 1.29 is 9.32 Å². The highest BCUT2D eigenvalue weighted by molar-refractivity contribution is 5.76. The highest BCUT2D eigenvalue weighted by Crippen LogP contribution is 2.12. The zero-order chi connectivity index (χ0) is 14.5. The van der Waals surface area contributed by atoms with E-state index >= 15 is 0 Å². The fraction of sp³-hybridized carbons (Fsp3) is 0.375. The molecule has 106 valence electrons. The first-order valence-corrected chi connectivity index (χ1v) is 6.81. The molecule has 20 heavy (non-hydrogen) atoms. The van der Waals surface area contributed by atoms with Crippen LogP contribution in [0.25, 0.3) is 0 Å². The van der Waals surface area contributed by atoms with Crippen LogP contribution in [0.3, 0.4) is 0 Å². The number of rotatable bonds is 5. The molecule has 0 fully saturated rings. The third kappa shape index (κ3) is 3.47. The SMILES string of the molecule is Cc1ccccc1CCC(=O)NCc1c(C)noc1C.